The summed E-state index contributed by atoms with van der Waals surface area (Å²) in [4.78, 5) is 6.68. The van der Waals surface area contributed by atoms with Crippen molar-refractivity contribution in [3.8, 4) is 0 Å². The summed E-state index contributed by atoms with van der Waals surface area (Å²) in [5.41, 5.74) is 7.27. The molecule has 1 fully saturated rings. The highest BCUT2D eigenvalue weighted by atomic mass is 35.5. The predicted octanol–water partition coefficient (Wildman–Crippen LogP) is 2.13. The Bertz CT molecular complexity index is 354. The molecule has 0 aromatic carbocycles. The van der Waals surface area contributed by atoms with Gasteiger partial charge in [0, 0.05) is 18.2 Å². The Morgan fingerprint density at radius 3 is 3.00 bits per heavy atom. The van der Waals surface area contributed by atoms with Crippen molar-refractivity contribution in [3.05, 3.63) is 23.0 Å². The average Bonchev–Trinajstić information content (AvgIpc) is 2.22. The monoisotopic (exact) mass is 225 g/mol. The van der Waals surface area contributed by atoms with Crippen molar-refractivity contribution in [3.63, 3.8) is 0 Å². The molecule has 1 unspecified atom stereocenters. The van der Waals surface area contributed by atoms with Gasteiger partial charge in [0.1, 0.15) is 0 Å². The zero-order valence-corrected chi connectivity index (χ0v) is 9.67. The van der Waals surface area contributed by atoms with Gasteiger partial charge in [0.15, 0.2) is 5.15 Å². The third kappa shape index (κ3) is 2.41. The largest absolute Gasteiger partial charge is 0.396 e. The summed E-state index contributed by atoms with van der Waals surface area (Å²) in [7, 11) is 2.14. The van der Waals surface area contributed by atoms with E-state index >= 15 is 0 Å². The van der Waals surface area contributed by atoms with Crippen molar-refractivity contribution in [2.75, 3.05) is 25.9 Å². The summed E-state index contributed by atoms with van der Waals surface area (Å²) in [6.07, 6.45) is 2.42. The molecule has 1 aromatic heterocycles. The fourth-order valence-corrected chi connectivity index (χ4v) is 2.25. The molecule has 2 rings (SSSR count). The molecule has 4 heteroatoms. The highest BCUT2D eigenvalue weighted by Crippen LogP contribution is 2.27. The molecule has 2 heterocycles. The molecule has 1 atom stereocenters. The normalized spacial score (nSPS) is 22.9. The van der Waals surface area contributed by atoms with E-state index in [0.717, 1.165) is 12.2 Å². The maximum absolute atomic E-state index is 5.92. The number of nitrogens with zero attached hydrogens (tertiary/aromatic N) is 2. The van der Waals surface area contributed by atoms with Crippen molar-refractivity contribution < 1.29 is 0 Å². The van der Waals surface area contributed by atoms with Gasteiger partial charge >= 0.3 is 0 Å². The second-order valence-electron chi connectivity index (χ2n) is 4.22. The van der Waals surface area contributed by atoms with Crippen LogP contribution in [0.25, 0.3) is 0 Å². The van der Waals surface area contributed by atoms with Crippen molar-refractivity contribution in [1.29, 1.82) is 0 Å². The fourth-order valence-electron chi connectivity index (χ4n) is 2.09. The van der Waals surface area contributed by atoms with Gasteiger partial charge in [-0.2, -0.15) is 0 Å². The molecule has 3 nitrogen and oxygen atoms in total. The molecule has 0 amide bonds. The third-order valence-corrected chi connectivity index (χ3v) is 3.24. The highest BCUT2D eigenvalue weighted by molar-refractivity contribution is 6.31. The van der Waals surface area contributed by atoms with Crippen LogP contribution in [0.4, 0.5) is 5.69 Å². The first kappa shape index (κ1) is 10.7. The lowest BCUT2D eigenvalue weighted by Crippen LogP contribution is -2.31. The van der Waals surface area contributed by atoms with Crippen LogP contribution in [0.15, 0.2) is 12.1 Å². The van der Waals surface area contributed by atoms with E-state index in [-0.39, 0.29) is 0 Å². The molecular weight excluding hydrogens is 210 g/mol. The molecule has 82 valence electrons. The van der Waals surface area contributed by atoms with Gasteiger partial charge < -0.3 is 10.6 Å². The molecule has 1 aromatic rings. The van der Waals surface area contributed by atoms with Crippen LogP contribution in [0.2, 0.25) is 5.15 Å². The van der Waals surface area contributed by atoms with E-state index < -0.39 is 0 Å². The Labute approximate surface area is 95.2 Å². The number of rotatable bonds is 1. The molecule has 1 saturated heterocycles. The molecular formula is C11H16ClN3. The number of likely N-dealkylation sites (N-methyl/N-ethyl adjacent to an activating group) is 1. The standard InChI is InChI=1S/C11H16ClN3/c1-15-6-2-3-8(7-15)10-5-4-9(13)11(12)14-10/h4-5,8H,2-3,6-7,13H2,1H3. The number of aromatic nitrogens is 1. The molecule has 0 aliphatic carbocycles. The number of anilines is 1. The summed E-state index contributed by atoms with van der Waals surface area (Å²) in [6, 6.07) is 3.84. The summed E-state index contributed by atoms with van der Waals surface area (Å²) < 4.78 is 0. The van der Waals surface area contributed by atoms with Crippen molar-refractivity contribution >= 4 is 17.3 Å². The summed E-state index contributed by atoms with van der Waals surface area (Å²) in [6.45, 7) is 2.24. The number of halogens is 1. The van der Waals surface area contributed by atoms with Gasteiger partial charge in [0.25, 0.3) is 0 Å². The van der Waals surface area contributed by atoms with Crippen molar-refractivity contribution in [2.24, 2.45) is 0 Å². The molecule has 0 saturated carbocycles. The Morgan fingerprint density at radius 1 is 1.53 bits per heavy atom. The Balaban J connectivity index is 2.18. The molecule has 15 heavy (non-hydrogen) atoms. The number of likely N-dealkylation sites (tertiary alicyclic amines) is 1. The molecule has 1 aliphatic rings. The maximum atomic E-state index is 5.92. The zero-order chi connectivity index (χ0) is 10.8. The van der Waals surface area contributed by atoms with Gasteiger partial charge in [-0.25, -0.2) is 4.98 Å². The highest BCUT2D eigenvalue weighted by Gasteiger charge is 2.20. The lowest BCUT2D eigenvalue weighted by molar-refractivity contribution is 0.248. The number of piperidine rings is 1. The SMILES string of the molecule is CN1CCCC(c2ccc(N)c(Cl)n2)C1. The molecule has 0 spiro atoms. The van der Waals surface area contributed by atoms with Crippen LogP contribution in [0.3, 0.4) is 0 Å². The van der Waals surface area contributed by atoms with Gasteiger partial charge in [-0.15, -0.1) is 0 Å². The van der Waals surface area contributed by atoms with Crippen LogP contribution >= 0.6 is 11.6 Å². The Morgan fingerprint density at radius 2 is 2.33 bits per heavy atom. The minimum absolute atomic E-state index is 0.431. The Kier molecular flexibility index (Phi) is 3.12. The van der Waals surface area contributed by atoms with Gasteiger partial charge in [0.05, 0.1) is 5.69 Å². The van der Waals surface area contributed by atoms with Crippen LogP contribution in [-0.4, -0.2) is 30.0 Å². The first-order chi connectivity index (χ1) is 7.16. The van der Waals surface area contributed by atoms with Crippen LogP contribution in [-0.2, 0) is 0 Å². The summed E-state index contributed by atoms with van der Waals surface area (Å²) in [5, 5.41) is 0.431. The van der Waals surface area contributed by atoms with E-state index in [4.69, 9.17) is 17.3 Å². The first-order valence-electron chi connectivity index (χ1n) is 5.27. The number of hydrogen-bond acceptors (Lipinski definition) is 3. The predicted molar refractivity (Wildman–Crippen MR) is 63.1 cm³/mol. The summed E-state index contributed by atoms with van der Waals surface area (Å²) >= 11 is 5.92. The van der Waals surface area contributed by atoms with Crippen molar-refractivity contribution in [1.82, 2.24) is 9.88 Å². The summed E-state index contributed by atoms with van der Waals surface area (Å²) in [5.74, 6) is 0.502. The number of nitrogens with two attached hydrogens (primary N) is 1. The van der Waals surface area contributed by atoms with E-state index in [9.17, 15) is 0 Å². The lowest BCUT2D eigenvalue weighted by atomic mass is 9.95. The molecule has 0 radical (unpaired) electrons. The fraction of sp³-hybridized carbons (Fsp3) is 0.545. The lowest BCUT2D eigenvalue weighted by Gasteiger charge is -2.29. The van der Waals surface area contributed by atoms with Gasteiger partial charge in [-0.05, 0) is 38.6 Å². The average molecular weight is 226 g/mol. The first-order valence-corrected chi connectivity index (χ1v) is 5.65. The number of hydrogen-bond donors (Lipinski definition) is 1. The van der Waals surface area contributed by atoms with Crippen LogP contribution < -0.4 is 5.73 Å². The van der Waals surface area contributed by atoms with E-state index in [1.165, 1.54) is 19.4 Å². The van der Waals surface area contributed by atoms with Gasteiger partial charge in [0.2, 0.25) is 0 Å². The van der Waals surface area contributed by atoms with Crippen LogP contribution in [0.5, 0.6) is 0 Å². The second-order valence-corrected chi connectivity index (χ2v) is 4.58. The van der Waals surface area contributed by atoms with E-state index in [1.54, 1.807) is 0 Å². The van der Waals surface area contributed by atoms with Gasteiger partial charge in [-0.1, -0.05) is 11.6 Å². The third-order valence-electron chi connectivity index (χ3n) is 2.94. The quantitative estimate of drug-likeness (QED) is 0.745. The molecule has 0 bridgehead atoms. The van der Waals surface area contributed by atoms with E-state index in [0.29, 0.717) is 16.8 Å². The zero-order valence-electron chi connectivity index (χ0n) is 8.91. The number of pyridine rings is 1. The van der Waals surface area contributed by atoms with Crippen LogP contribution in [0, 0.1) is 0 Å². The van der Waals surface area contributed by atoms with Gasteiger partial charge in [-0.3, -0.25) is 0 Å². The van der Waals surface area contributed by atoms with E-state index in [2.05, 4.69) is 16.9 Å². The minimum atomic E-state index is 0.431. The molecule has 2 N–H and O–H groups in total. The maximum Gasteiger partial charge on any atom is 0.152 e. The molecule has 1 aliphatic heterocycles. The van der Waals surface area contributed by atoms with Crippen molar-refractivity contribution in [2.45, 2.75) is 18.8 Å². The number of nitrogen functional groups attached to an aromatic ring is 1. The van der Waals surface area contributed by atoms with E-state index in [1.807, 2.05) is 12.1 Å². The topological polar surface area (TPSA) is 42.1 Å². The van der Waals surface area contributed by atoms with Crippen LogP contribution in [0.1, 0.15) is 24.5 Å². The second kappa shape index (κ2) is 4.37. The Hall–Kier alpha value is -0.800. The smallest absolute Gasteiger partial charge is 0.152 e. The minimum Gasteiger partial charge on any atom is -0.396 e.